The van der Waals surface area contributed by atoms with Gasteiger partial charge in [0, 0.05) is 46.8 Å². The number of nitrogens with zero attached hydrogens (tertiary/aromatic N) is 4. The number of rotatable bonds is 5. The molecule has 4 amide bonds. The monoisotopic (exact) mass is 374 g/mol. The van der Waals surface area contributed by atoms with E-state index >= 15 is 0 Å². The van der Waals surface area contributed by atoms with Gasteiger partial charge in [0.2, 0.25) is 5.91 Å². The number of likely N-dealkylation sites (N-methyl/N-ethyl adjacent to an activating group) is 2. The van der Waals surface area contributed by atoms with E-state index in [9.17, 15) is 14.4 Å². The maximum Gasteiger partial charge on any atom is 0.326 e. The molecule has 2 aliphatic heterocycles. The lowest BCUT2D eigenvalue weighted by Gasteiger charge is -2.35. The topological polar surface area (TPSA) is 73.4 Å². The van der Waals surface area contributed by atoms with E-state index in [1.807, 2.05) is 18.2 Å². The van der Waals surface area contributed by atoms with Gasteiger partial charge in [-0.3, -0.25) is 19.4 Å². The Labute approximate surface area is 159 Å². The van der Waals surface area contributed by atoms with Crippen LogP contribution in [0.15, 0.2) is 24.3 Å². The first-order valence-corrected chi connectivity index (χ1v) is 9.08. The van der Waals surface area contributed by atoms with E-state index in [0.29, 0.717) is 13.1 Å². The molecule has 1 aromatic rings. The summed E-state index contributed by atoms with van der Waals surface area (Å²) in [6, 6.07) is 6.93. The average molecular weight is 374 g/mol. The molecular formula is C19H26N4O4. The minimum atomic E-state index is -0.690. The molecule has 0 aliphatic carbocycles. The maximum atomic E-state index is 12.6. The van der Waals surface area contributed by atoms with E-state index < -0.39 is 6.04 Å². The Morgan fingerprint density at radius 2 is 1.85 bits per heavy atom. The zero-order chi connectivity index (χ0) is 19.6. The quantitative estimate of drug-likeness (QED) is 0.707. The van der Waals surface area contributed by atoms with Crippen LogP contribution in [0.1, 0.15) is 12.0 Å². The molecule has 2 heterocycles. The normalized spacial score (nSPS) is 21.1. The van der Waals surface area contributed by atoms with Gasteiger partial charge in [-0.15, -0.1) is 0 Å². The molecule has 1 atom stereocenters. The van der Waals surface area contributed by atoms with Gasteiger partial charge in [-0.05, 0) is 17.7 Å². The predicted molar refractivity (Wildman–Crippen MR) is 99.2 cm³/mol. The molecule has 1 unspecified atom stereocenters. The summed E-state index contributed by atoms with van der Waals surface area (Å²) < 4.78 is 5.26. The van der Waals surface area contributed by atoms with Crippen molar-refractivity contribution in [3.05, 3.63) is 29.8 Å². The second-order valence-corrected chi connectivity index (χ2v) is 7.02. The first-order chi connectivity index (χ1) is 12.9. The summed E-state index contributed by atoms with van der Waals surface area (Å²) in [5, 5.41) is 0. The lowest BCUT2D eigenvalue weighted by atomic mass is 10.1. The van der Waals surface area contributed by atoms with Gasteiger partial charge in [0.05, 0.1) is 13.5 Å². The fourth-order valence-electron chi connectivity index (χ4n) is 3.56. The Bertz CT molecular complexity index is 730. The molecule has 3 rings (SSSR count). The maximum absolute atomic E-state index is 12.6. The summed E-state index contributed by atoms with van der Waals surface area (Å²) in [5.74, 6) is 0.447. The molecule has 8 nitrogen and oxygen atoms in total. The first-order valence-electron chi connectivity index (χ1n) is 9.08. The fraction of sp³-hybridized carbons (Fsp3) is 0.526. The summed E-state index contributed by atoms with van der Waals surface area (Å²) >= 11 is 0. The lowest BCUT2D eigenvalue weighted by molar-refractivity contribution is -0.137. The number of carbonyl (C=O) groups is 3. The molecular weight excluding hydrogens is 348 g/mol. The second-order valence-electron chi connectivity index (χ2n) is 7.02. The number of methoxy groups -OCH3 is 1. The number of hydrogen-bond acceptors (Lipinski definition) is 5. The van der Waals surface area contributed by atoms with Crippen molar-refractivity contribution in [1.82, 2.24) is 19.6 Å². The highest BCUT2D eigenvalue weighted by Gasteiger charge is 2.42. The van der Waals surface area contributed by atoms with Crippen LogP contribution in [0.5, 0.6) is 5.75 Å². The van der Waals surface area contributed by atoms with Crippen LogP contribution < -0.4 is 4.74 Å². The van der Waals surface area contributed by atoms with Crippen molar-refractivity contribution in [2.24, 2.45) is 0 Å². The van der Waals surface area contributed by atoms with E-state index in [1.54, 1.807) is 19.1 Å². The van der Waals surface area contributed by atoms with Crippen LogP contribution >= 0.6 is 0 Å². The van der Waals surface area contributed by atoms with Crippen LogP contribution in [-0.2, 0) is 16.1 Å². The van der Waals surface area contributed by atoms with Gasteiger partial charge in [-0.2, -0.15) is 0 Å². The van der Waals surface area contributed by atoms with Crippen LogP contribution in [0.3, 0.4) is 0 Å². The van der Waals surface area contributed by atoms with Gasteiger partial charge in [0.25, 0.3) is 5.91 Å². The third-order valence-corrected chi connectivity index (χ3v) is 5.31. The average Bonchev–Trinajstić information content (AvgIpc) is 2.86. The van der Waals surface area contributed by atoms with Crippen LogP contribution in [0.4, 0.5) is 4.79 Å². The van der Waals surface area contributed by atoms with Crippen molar-refractivity contribution in [3.63, 3.8) is 0 Å². The zero-order valence-corrected chi connectivity index (χ0v) is 16.1. The van der Waals surface area contributed by atoms with Gasteiger partial charge >= 0.3 is 6.03 Å². The van der Waals surface area contributed by atoms with Gasteiger partial charge in [-0.25, -0.2) is 4.79 Å². The molecule has 8 heteroatoms. The molecule has 0 saturated carbocycles. The fourth-order valence-corrected chi connectivity index (χ4v) is 3.56. The van der Waals surface area contributed by atoms with Gasteiger partial charge in [-0.1, -0.05) is 12.1 Å². The predicted octanol–water partition coefficient (Wildman–Crippen LogP) is 0.622. The van der Waals surface area contributed by atoms with E-state index in [4.69, 9.17) is 4.74 Å². The first kappa shape index (κ1) is 19.2. The minimum absolute atomic E-state index is 0.0430. The molecule has 0 bridgehead atoms. The van der Waals surface area contributed by atoms with Crippen molar-refractivity contribution >= 4 is 17.8 Å². The second kappa shape index (κ2) is 7.96. The molecule has 1 aromatic carbocycles. The van der Waals surface area contributed by atoms with Crippen LogP contribution in [0.2, 0.25) is 0 Å². The summed E-state index contributed by atoms with van der Waals surface area (Å²) in [7, 11) is 4.66. The summed E-state index contributed by atoms with van der Waals surface area (Å²) in [4.78, 5) is 43.0. The smallest absolute Gasteiger partial charge is 0.326 e. The lowest BCUT2D eigenvalue weighted by Crippen LogP contribution is -2.49. The van der Waals surface area contributed by atoms with Crippen molar-refractivity contribution in [2.45, 2.75) is 19.0 Å². The minimum Gasteiger partial charge on any atom is -0.497 e. The zero-order valence-electron chi connectivity index (χ0n) is 16.1. The van der Waals surface area contributed by atoms with Crippen molar-refractivity contribution in [2.75, 3.05) is 47.4 Å². The highest BCUT2D eigenvalue weighted by Crippen LogP contribution is 2.19. The summed E-state index contributed by atoms with van der Waals surface area (Å²) in [6.45, 7) is 3.60. The van der Waals surface area contributed by atoms with Crippen LogP contribution in [-0.4, -0.2) is 90.9 Å². The third-order valence-electron chi connectivity index (χ3n) is 5.31. The third kappa shape index (κ3) is 4.05. The Balaban J connectivity index is 1.51. The molecule has 0 aromatic heterocycles. The highest BCUT2D eigenvalue weighted by atomic mass is 16.5. The Morgan fingerprint density at radius 3 is 2.44 bits per heavy atom. The van der Waals surface area contributed by atoms with Crippen molar-refractivity contribution < 1.29 is 19.1 Å². The molecule has 2 saturated heterocycles. The number of benzene rings is 1. The van der Waals surface area contributed by atoms with Gasteiger partial charge < -0.3 is 14.5 Å². The molecule has 27 heavy (non-hydrogen) atoms. The molecule has 146 valence electrons. The van der Waals surface area contributed by atoms with Gasteiger partial charge in [0.15, 0.2) is 0 Å². The van der Waals surface area contributed by atoms with Gasteiger partial charge in [0.1, 0.15) is 11.8 Å². The summed E-state index contributed by atoms with van der Waals surface area (Å²) in [5.41, 5.74) is 1.17. The Hall–Kier alpha value is -2.61. The molecule has 2 fully saturated rings. The summed E-state index contributed by atoms with van der Waals surface area (Å²) in [6.07, 6.45) is 0.0430. The molecule has 0 spiro atoms. The standard InChI is InChI=1S/C19H26N4O4/c1-20-16(18(25)21(2)19(20)26)12-17(24)23-9-7-22(8-10-23)13-14-5-4-6-15(11-14)27-3/h4-6,11,16H,7-10,12-13H2,1-3H3. The number of carbonyl (C=O) groups excluding carboxylic acids is 3. The van der Waals surface area contributed by atoms with E-state index in [1.165, 1.54) is 17.5 Å². The van der Waals surface area contributed by atoms with E-state index in [-0.39, 0.29) is 24.3 Å². The molecule has 2 aliphatic rings. The number of piperazine rings is 1. The SMILES string of the molecule is COc1cccc(CN2CCN(C(=O)CC3C(=O)N(C)C(=O)N3C)CC2)c1. The van der Waals surface area contributed by atoms with Crippen molar-refractivity contribution in [1.29, 1.82) is 0 Å². The molecule has 0 N–H and O–H groups in total. The number of urea groups is 1. The molecule has 0 radical (unpaired) electrons. The Morgan fingerprint density at radius 1 is 1.15 bits per heavy atom. The number of imide groups is 1. The highest BCUT2D eigenvalue weighted by molar-refractivity contribution is 6.05. The van der Waals surface area contributed by atoms with E-state index in [0.717, 1.165) is 30.3 Å². The Kier molecular flexibility index (Phi) is 5.65. The van der Waals surface area contributed by atoms with Crippen molar-refractivity contribution in [3.8, 4) is 5.75 Å². The van der Waals surface area contributed by atoms with Crippen LogP contribution in [0, 0.1) is 0 Å². The number of amides is 4. The number of ether oxygens (including phenoxy) is 1. The van der Waals surface area contributed by atoms with Crippen LogP contribution in [0.25, 0.3) is 0 Å². The number of hydrogen-bond donors (Lipinski definition) is 0. The van der Waals surface area contributed by atoms with E-state index in [2.05, 4.69) is 11.0 Å². The largest absolute Gasteiger partial charge is 0.497 e.